The SMILES string of the molecule is C[C@@H](C#N)NC(=O)c1ccc(C2CC2)c(OCC2CC2)n1. The lowest BCUT2D eigenvalue weighted by atomic mass is 10.1. The van der Waals surface area contributed by atoms with E-state index in [1.54, 1.807) is 13.0 Å². The second-order valence-corrected chi connectivity index (χ2v) is 5.94. The molecule has 2 aliphatic carbocycles. The summed E-state index contributed by atoms with van der Waals surface area (Å²) in [6.07, 6.45) is 4.77. The highest BCUT2D eigenvalue weighted by molar-refractivity contribution is 5.92. The van der Waals surface area contributed by atoms with E-state index in [2.05, 4.69) is 10.3 Å². The van der Waals surface area contributed by atoms with E-state index in [1.165, 1.54) is 25.7 Å². The van der Waals surface area contributed by atoms with Crippen molar-refractivity contribution < 1.29 is 9.53 Å². The molecule has 1 atom stereocenters. The van der Waals surface area contributed by atoms with Crippen LogP contribution >= 0.6 is 0 Å². The summed E-state index contributed by atoms with van der Waals surface area (Å²) in [6.45, 7) is 2.33. The Bertz CT molecular complexity index is 586. The lowest BCUT2D eigenvalue weighted by Crippen LogP contribution is -2.32. The molecule has 1 aromatic rings. The van der Waals surface area contributed by atoms with E-state index in [4.69, 9.17) is 10.00 Å². The summed E-state index contributed by atoms with van der Waals surface area (Å²) in [5.41, 5.74) is 1.42. The summed E-state index contributed by atoms with van der Waals surface area (Å²) in [4.78, 5) is 16.4. The molecular formula is C16H19N3O2. The summed E-state index contributed by atoms with van der Waals surface area (Å²) < 4.78 is 5.83. The molecule has 0 spiro atoms. The first-order valence-electron chi connectivity index (χ1n) is 7.51. The van der Waals surface area contributed by atoms with Crippen molar-refractivity contribution in [3.8, 4) is 11.9 Å². The van der Waals surface area contributed by atoms with Crippen LogP contribution in [0.5, 0.6) is 5.88 Å². The summed E-state index contributed by atoms with van der Waals surface area (Å²) in [6, 6.07) is 5.11. The molecule has 0 saturated heterocycles. The Hall–Kier alpha value is -2.09. The maximum absolute atomic E-state index is 12.0. The van der Waals surface area contributed by atoms with Crippen molar-refractivity contribution in [3.05, 3.63) is 23.4 Å². The Morgan fingerprint density at radius 3 is 2.86 bits per heavy atom. The van der Waals surface area contributed by atoms with Gasteiger partial charge in [-0.2, -0.15) is 5.26 Å². The predicted molar refractivity (Wildman–Crippen MR) is 77.0 cm³/mol. The lowest BCUT2D eigenvalue weighted by Gasteiger charge is -2.12. The second-order valence-electron chi connectivity index (χ2n) is 5.94. The number of nitrogens with one attached hydrogen (secondary N) is 1. The maximum Gasteiger partial charge on any atom is 0.271 e. The summed E-state index contributed by atoms with van der Waals surface area (Å²) in [7, 11) is 0. The van der Waals surface area contributed by atoms with Crippen molar-refractivity contribution >= 4 is 5.91 Å². The van der Waals surface area contributed by atoms with Crippen LogP contribution in [0.1, 0.15) is 54.6 Å². The number of hydrogen-bond donors (Lipinski definition) is 1. The summed E-state index contributed by atoms with van der Waals surface area (Å²) in [5.74, 6) is 1.45. The molecule has 1 amide bonds. The second kappa shape index (κ2) is 5.72. The number of amides is 1. The Morgan fingerprint density at radius 1 is 1.48 bits per heavy atom. The molecule has 1 aromatic heterocycles. The topological polar surface area (TPSA) is 75.0 Å². The number of hydrogen-bond acceptors (Lipinski definition) is 4. The van der Waals surface area contributed by atoms with Crippen molar-refractivity contribution in [3.63, 3.8) is 0 Å². The molecule has 1 heterocycles. The van der Waals surface area contributed by atoms with E-state index < -0.39 is 6.04 Å². The molecule has 0 aromatic carbocycles. The highest BCUT2D eigenvalue weighted by atomic mass is 16.5. The van der Waals surface area contributed by atoms with Gasteiger partial charge in [-0.05, 0) is 50.5 Å². The normalized spacial score (nSPS) is 18.7. The number of nitrogens with zero attached hydrogens (tertiary/aromatic N) is 2. The predicted octanol–water partition coefficient (Wildman–Crippen LogP) is 2.39. The van der Waals surface area contributed by atoms with Gasteiger partial charge in [0.15, 0.2) is 0 Å². The number of aromatic nitrogens is 1. The van der Waals surface area contributed by atoms with E-state index in [-0.39, 0.29) is 5.91 Å². The third kappa shape index (κ3) is 3.52. The number of ether oxygens (including phenoxy) is 1. The van der Waals surface area contributed by atoms with E-state index >= 15 is 0 Å². The molecule has 2 aliphatic rings. The molecule has 2 fully saturated rings. The molecule has 2 saturated carbocycles. The monoisotopic (exact) mass is 285 g/mol. The molecule has 0 radical (unpaired) electrons. The summed E-state index contributed by atoms with van der Waals surface area (Å²) >= 11 is 0. The van der Waals surface area contributed by atoms with Gasteiger partial charge in [-0.25, -0.2) is 4.98 Å². The van der Waals surface area contributed by atoms with Crippen molar-refractivity contribution in [1.29, 1.82) is 5.26 Å². The Morgan fingerprint density at radius 2 is 2.24 bits per heavy atom. The minimum atomic E-state index is -0.529. The van der Waals surface area contributed by atoms with Crippen LogP contribution in [0.2, 0.25) is 0 Å². The van der Waals surface area contributed by atoms with Gasteiger partial charge < -0.3 is 10.1 Å². The number of rotatable bonds is 6. The molecule has 5 nitrogen and oxygen atoms in total. The van der Waals surface area contributed by atoms with Gasteiger partial charge >= 0.3 is 0 Å². The Labute approximate surface area is 124 Å². The van der Waals surface area contributed by atoms with E-state index in [0.29, 0.717) is 30.0 Å². The van der Waals surface area contributed by atoms with Gasteiger partial charge in [0.25, 0.3) is 5.91 Å². The van der Waals surface area contributed by atoms with Gasteiger partial charge in [0.1, 0.15) is 11.7 Å². The van der Waals surface area contributed by atoms with Crippen LogP contribution in [0.3, 0.4) is 0 Å². The first-order valence-corrected chi connectivity index (χ1v) is 7.51. The smallest absolute Gasteiger partial charge is 0.271 e. The third-order valence-corrected chi connectivity index (χ3v) is 3.83. The molecule has 110 valence electrons. The number of pyridine rings is 1. The molecular weight excluding hydrogens is 266 g/mol. The van der Waals surface area contributed by atoms with Crippen molar-refractivity contribution in [2.45, 2.75) is 44.6 Å². The number of nitriles is 1. The first kappa shape index (κ1) is 13.9. The van der Waals surface area contributed by atoms with Crippen LogP contribution in [0, 0.1) is 17.2 Å². The fourth-order valence-corrected chi connectivity index (χ4v) is 2.18. The molecule has 0 aliphatic heterocycles. The minimum absolute atomic E-state index is 0.312. The van der Waals surface area contributed by atoms with E-state index in [9.17, 15) is 4.79 Å². The number of carbonyl (C=O) groups excluding carboxylic acids is 1. The van der Waals surface area contributed by atoms with Crippen LogP contribution in [0.15, 0.2) is 12.1 Å². The summed E-state index contributed by atoms with van der Waals surface area (Å²) in [5, 5.41) is 11.3. The zero-order valence-corrected chi connectivity index (χ0v) is 12.1. The van der Waals surface area contributed by atoms with Crippen LogP contribution in [-0.2, 0) is 0 Å². The van der Waals surface area contributed by atoms with Gasteiger partial charge in [-0.3, -0.25) is 4.79 Å². The Balaban J connectivity index is 1.76. The van der Waals surface area contributed by atoms with Gasteiger partial charge in [0, 0.05) is 5.56 Å². The number of carbonyl (C=O) groups is 1. The average Bonchev–Trinajstić information content (AvgIpc) is 3.38. The van der Waals surface area contributed by atoms with Crippen molar-refractivity contribution in [1.82, 2.24) is 10.3 Å². The lowest BCUT2D eigenvalue weighted by molar-refractivity contribution is 0.0941. The average molecular weight is 285 g/mol. The molecule has 1 N–H and O–H groups in total. The van der Waals surface area contributed by atoms with Gasteiger partial charge in [-0.15, -0.1) is 0 Å². The standard InChI is InChI=1S/C16H19N3O2/c1-10(8-17)18-15(20)14-7-6-13(12-4-5-12)16(19-14)21-9-11-2-3-11/h6-7,10-12H,2-5,9H2,1H3,(H,18,20)/t10-/m0/s1. The Kier molecular flexibility index (Phi) is 3.78. The van der Waals surface area contributed by atoms with E-state index in [0.717, 1.165) is 5.56 Å². The largest absolute Gasteiger partial charge is 0.477 e. The van der Waals surface area contributed by atoms with Gasteiger partial charge in [0.05, 0.1) is 12.7 Å². The van der Waals surface area contributed by atoms with Crippen molar-refractivity contribution in [2.24, 2.45) is 5.92 Å². The third-order valence-electron chi connectivity index (χ3n) is 3.83. The molecule has 3 rings (SSSR count). The fraction of sp³-hybridized carbons (Fsp3) is 0.562. The zero-order chi connectivity index (χ0) is 14.8. The molecule has 0 unspecified atom stereocenters. The quantitative estimate of drug-likeness (QED) is 0.870. The molecule has 21 heavy (non-hydrogen) atoms. The van der Waals surface area contributed by atoms with Gasteiger partial charge in [0.2, 0.25) is 5.88 Å². The van der Waals surface area contributed by atoms with Crippen LogP contribution in [0.25, 0.3) is 0 Å². The molecule has 5 heteroatoms. The fourth-order valence-electron chi connectivity index (χ4n) is 2.18. The van der Waals surface area contributed by atoms with Crippen molar-refractivity contribution in [2.75, 3.05) is 6.61 Å². The van der Waals surface area contributed by atoms with Crippen LogP contribution in [-0.4, -0.2) is 23.5 Å². The first-order chi connectivity index (χ1) is 10.2. The highest BCUT2D eigenvalue weighted by Crippen LogP contribution is 2.44. The van der Waals surface area contributed by atoms with Gasteiger partial charge in [-0.1, -0.05) is 6.07 Å². The zero-order valence-electron chi connectivity index (χ0n) is 12.1. The highest BCUT2D eigenvalue weighted by Gasteiger charge is 2.30. The van der Waals surface area contributed by atoms with Crippen LogP contribution < -0.4 is 10.1 Å². The maximum atomic E-state index is 12.0. The molecule has 0 bridgehead atoms. The van der Waals surface area contributed by atoms with Crippen LogP contribution in [0.4, 0.5) is 0 Å². The van der Waals surface area contributed by atoms with E-state index in [1.807, 2.05) is 12.1 Å². The minimum Gasteiger partial charge on any atom is -0.477 e.